The smallest absolute Gasteiger partial charge is 0.324 e. The Morgan fingerprint density at radius 3 is 2.86 bits per heavy atom. The van der Waals surface area contributed by atoms with E-state index in [1.54, 1.807) is 0 Å². The maximum Gasteiger partial charge on any atom is 0.324 e. The molecule has 3 aromatic rings. The lowest BCUT2D eigenvalue weighted by atomic mass is 10.4. The van der Waals surface area contributed by atoms with Crippen LogP contribution < -0.4 is 5.32 Å². The van der Waals surface area contributed by atoms with Gasteiger partial charge in [0, 0.05) is 6.07 Å². The summed E-state index contributed by atoms with van der Waals surface area (Å²) in [6.45, 7) is 0. The number of rotatable bonds is 4. The highest BCUT2D eigenvalue weighted by atomic mass is 32.1. The first-order chi connectivity index (χ1) is 10.1. The Morgan fingerprint density at radius 2 is 2.19 bits per heavy atom. The van der Waals surface area contributed by atoms with E-state index in [1.807, 2.05) is 17.5 Å². The minimum Gasteiger partial charge on any atom is -0.402 e. The summed E-state index contributed by atoms with van der Waals surface area (Å²) in [5, 5.41) is 22.3. The highest BCUT2D eigenvalue weighted by molar-refractivity contribution is 7.17. The van der Waals surface area contributed by atoms with Crippen LogP contribution in [0.5, 0.6) is 0 Å². The van der Waals surface area contributed by atoms with Crippen molar-refractivity contribution >= 4 is 39.6 Å². The normalized spacial score (nSPS) is 10.5. The zero-order chi connectivity index (χ0) is 14.8. The van der Waals surface area contributed by atoms with Gasteiger partial charge in [-0.15, -0.1) is 16.4 Å². The molecule has 0 radical (unpaired) electrons. The molecule has 3 aromatic heterocycles. The Hall–Kier alpha value is -2.59. The lowest BCUT2D eigenvalue weighted by Crippen LogP contribution is -2.10. The Balaban J connectivity index is 1.74. The number of amides is 1. The zero-order valence-corrected chi connectivity index (χ0v) is 11.8. The van der Waals surface area contributed by atoms with Gasteiger partial charge >= 0.3 is 11.0 Å². The topological polar surface area (TPSA) is 111 Å². The molecule has 0 saturated heterocycles. The first-order valence-corrected chi connectivity index (χ1v) is 7.26. The molecule has 0 saturated carbocycles. The van der Waals surface area contributed by atoms with Crippen LogP contribution in [0.3, 0.4) is 0 Å². The molecule has 8 nitrogen and oxygen atoms in total. The number of carbonyl (C=O) groups excluding carboxylic acids is 1. The summed E-state index contributed by atoms with van der Waals surface area (Å²) >= 11 is 2.20. The summed E-state index contributed by atoms with van der Waals surface area (Å²) in [5.74, 6) is -0.230. The lowest BCUT2D eigenvalue weighted by molar-refractivity contribution is -0.380. The maximum absolute atomic E-state index is 11.9. The van der Waals surface area contributed by atoms with Gasteiger partial charge in [0.15, 0.2) is 0 Å². The van der Waals surface area contributed by atoms with E-state index < -0.39 is 10.8 Å². The fourth-order valence-electron chi connectivity index (χ4n) is 1.48. The maximum atomic E-state index is 11.9. The standard InChI is InChI=1S/C11H6N4O4S2/c16-9(6-3-4-8(21-6)15(17)18)12-11-14-13-10(19-11)7-2-1-5-20-7/h1-5H,(H,12,14,16). The molecule has 0 bridgehead atoms. The van der Waals surface area contributed by atoms with Gasteiger partial charge < -0.3 is 4.42 Å². The molecule has 0 aromatic carbocycles. The van der Waals surface area contributed by atoms with E-state index >= 15 is 0 Å². The predicted octanol–water partition coefficient (Wildman–Crippen LogP) is 3.02. The van der Waals surface area contributed by atoms with Crippen molar-refractivity contribution in [3.05, 3.63) is 44.6 Å². The molecule has 3 heterocycles. The fourth-order valence-corrected chi connectivity index (χ4v) is 2.84. The third kappa shape index (κ3) is 2.80. The third-order valence-corrected chi connectivity index (χ3v) is 4.27. The molecule has 0 unspecified atom stereocenters. The summed E-state index contributed by atoms with van der Waals surface area (Å²) in [4.78, 5) is 22.9. The number of nitro groups is 1. The van der Waals surface area contributed by atoms with Gasteiger partial charge in [0.25, 0.3) is 11.8 Å². The predicted molar refractivity (Wildman–Crippen MR) is 76.5 cm³/mol. The number of hydrogen-bond acceptors (Lipinski definition) is 8. The van der Waals surface area contributed by atoms with E-state index in [9.17, 15) is 14.9 Å². The van der Waals surface area contributed by atoms with Crippen molar-refractivity contribution in [2.75, 3.05) is 5.32 Å². The van der Waals surface area contributed by atoms with Gasteiger partial charge in [-0.2, -0.15) is 0 Å². The van der Waals surface area contributed by atoms with Crippen molar-refractivity contribution in [1.29, 1.82) is 0 Å². The van der Waals surface area contributed by atoms with Gasteiger partial charge in [0.1, 0.15) is 0 Å². The molecule has 0 aliphatic rings. The summed E-state index contributed by atoms with van der Waals surface area (Å²) in [5.41, 5.74) is 0. The lowest BCUT2D eigenvalue weighted by Gasteiger charge is -1.95. The van der Waals surface area contributed by atoms with Crippen LogP contribution in [0.1, 0.15) is 9.67 Å². The van der Waals surface area contributed by atoms with E-state index in [0.29, 0.717) is 5.89 Å². The first kappa shape index (κ1) is 13.4. The SMILES string of the molecule is O=C(Nc1nnc(-c2cccs2)o1)c1ccc([N+](=O)[O-])s1. The van der Waals surface area contributed by atoms with Crippen molar-refractivity contribution in [3.8, 4) is 10.8 Å². The third-order valence-electron chi connectivity index (χ3n) is 2.37. The number of anilines is 1. The van der Waals surface area contributed by atoms with Crippen LogP contribution in [0.2, 0.25) is 0 Å². The molecule has 0 fully saturated rings. The quantitative estimate of drug-likeness (QED) is 0.584. The molecule has 10 heteroatoms. The minimum atomic E-state index is -0.553. The van der Waals surface area contributed by atoms with Crippen LogP contribution in [0.25, 0.3) is 10.8 Å². The van der Waals surface area contributed by atoms with E-state index in [0.717, 1.165) is 16.2 Å². The van der Waals surface area contributed by atoms with Gasteiger partial charge in [-0.3, -0.25) is 20.2 Å². The van der Waals surface area contributed by atoms with E-state index in [4.69, 9.17) is 4.42 Å². The number of carbonyl (C=O) groups is 1. The van der Waals surface area contributed by atoms with Gasteiger partial charge in [0.2, 0.25) is 0 Å². The largest absolute Gasteiger partial charge is 0.402 e. The van der Waals surface area contributed by atoms with Gasteiger partial charge in [0.05, 0.1) is 14.7 Å². The van der Waals surface area contributed by atoms with Crippen LogP contribution >= 0.6 is 22.7 Å². The van der Waals surface area contributed by atoms with Crippen LogP contribution in [0.4, 0.5) is 11.0 Å². The molecule has 0 aliphatic carbocycles. The summed E-state index contributed by atoms with van der Waals surface area (Å²) in [6, 6.07) is 6.23. The highest BCUT2D eigenvalue weighted by Gasteiger charge is 2.18. The second-order valence-corrected chi connectivity index (χ2v) is 5.75. The second-order valence-electron chi connectivity index (χ2n) is 3.74. The zero-order valence-electron chi connectivity index (χ0n) is 10.2. The summed E-state index contributed by atoms with van der Waals surface area (Å²) < 4.78 is 5.30. The average Bonchev–Trinajstić information content (AvgIpc) is 3.19. The van der Waals surface area contributed by atoms with Crippen LogP contribution in [-0.4, -0.2) is 21.0 Å². The van der Waals surface area contributed by atoms with Gasteiger partial charge in [-0.05, 0) is 17.5 Å². The highest BCUT2D eigenvalue weighted by Crippen LogP contribution is 2.26. The van der Waals surface area contributed by atoms with Gasteiger partial charge in [-0.25, -0.2) is 0 Å². The van der Waals surface area contributed by atoms with Crippen molar-refractivity contribution < 1.29 is 14.1 Å². The van der Waals surface area contributed by atoms with Crippen molar-refractivity contribution in [1.82, 2.24) is 10.2 Å². The summed E-state index contributed by atoms with van der Waals surface area (Å²) in [6.07, 6.45) is 0. The van der Waals surface area contributed by atoms with Crippen LogP contribution in [0, 0.1) is 10.1 Å². The minimum absolute atomic E-state index is 0.0561. The van der Waals surface area contributed by atoms with E-state index in [2.05, 4.69) is 15.5 Å². The Morgan fingerprint density at radius 1 is 1.33 bits per heavy atom. The van der Waals surface area contributed by atoms with Crippen LogP contribution in [-0.2, 0) is 0 Å². The van der Waals surface area contributed by atoms with E-state index in [1.165, 1.54) is 23.5 Å². The molecule has 0 atom stereocenters. The fraction of sp³-hybridized carbons (Fsp3) is 0. The average molecular weight is 322 g/mol. The first-order valence-electron chi connectivity index (χ1n) is 5.56. The molecule has 1 amide bonds. The number of hydrogen-bond donors (Lipinski definition) is 1. The van der Waals surface area contributed by atoms with Crippen LogP contribution in [0.15, 0.2) is 34.1 Å². The number of nitrogens with zero attached hydrogens (tertiary/aromatic N) is 3. The van der Waals surface area contributed by atoms with Gasteiger partial charge in [-0.1, -0.05) is 22.5 Å². The Bertz CT molecular complexity index is 793. The molecule has 106 valence electrons. The number of thiophene rings is 2. The second kappa shape index (κ2) is 5.42. The molecule has 1 N–H and O–H groups in total. The van der Waals surface area contributed by atoms with Crippen molar-refractivity contribution in [3.63, 3.8) is 0 Å². The Kier molecular flexibility index (Phi) is 3.46. The van der Waals surface area contributed by atoms with Crippen molar-refractivity contribution in [2.45, 2.75) is 0 Å². The number of aromatic nitrogens is 2. The number of nitrogens with one attached hydrogen (secondary N) is 1. The summed E-state index contributed by atoms with van der Waals surface area (Å²) in [7, 11) is 0. The monoisotopic (exact) mass is 322 g/mol. The molecular formula is C11H6N4O4S2. The Labute approximate surface area is 125 Å². The molecule has 3 rings (SSSR count). The van der Waals surface area contributed by atoms with Crippen molar-refractivity contribution in [2.24, 2.45) is 0 Å². The molecule has 21 heavy (non-hydrogen) atoms. The van der Waals surface area contributed by atoms with E-state index in [-0.39, 0.29) is 15.9 Å². The molecular weight excluding hydrogens is 316 g/mol. The molecule has 0 spiro atoms. The molecule has 0 aliphatic heterocycles.